The van der Waals surface area contributed by atoms with E-state index < -0.39 is 0 Å². The maximum atomic E-state index is 5.76. The van der Waals surface area contributed by atoms with Gasteiger partial charge in [-0.3, -0.25) is 0 Å². The van der Waals surface area contributed by atoms with Crippen LogP contribution in [0.25, 0.3) is 0 Å². The molecule has 6 heteroatoms. The number of methoxy groups -OCH3 is 1. The molecule has 1 aliphatic rings. The number of nitrogens with one attached hydrogen (secondary N) is 1. The third-order valence-corrected chi connectivity index (χ3v) is 2.97. The van der Waals surface area contributed by atoms with Gasteiger partial charge in [0.1, 0.15) is 0 Å². The van der Waals surface area contributed by atoms with Crippen LogP contribution in [0.1, 0.15) is 26.2 Å². The molecule has 1 heterocycles. The molecule has 0 aromatic carbocycles. The van der Waals surface area contributed by atoms with Crippen molar-refractivity contribution < 1.29 is 4.74 Å². The molecule has 1 N–H and O–H groups in total. The second-order valence-electron chi connectivity index (χ2n) is 4.17. The van der Waals surface area contributed by atoms with Crippen LogP contribution in [-0.4, -0.2) is 28.1 Å². The van der Waals surface area contributed by atoms with Crippen LogP contribution < -0.4 is 10.1 Å². The van der Waals surface area contributed by atoms with Gasteiger partial charge < -0.3 is 10.1 Å². The molecule has 0 saturated heterocycles. The van der Waals surface area contributed by atoms with Crippen molar-refractivity contribution in [2.75, 3.05) is 12.4 Å². The molecule has 1 aliphatic carbocycles. The fraction of sp³-hybridized carbons (Fsp3) is 0.700. The normalized spacial score (nSPS) is 24.4. The van der Waals surface area contributed by atoms with Crippen molar-refractivity contribution in [2.45, 2.75) is 32.2 Å². The molecule has 0 aliphatic heterocycles. The molecule has 2 atom stereocenters. The molecular weight excluding hydrogens is 228 g/mol. The Kier molecular flexibility index (Phi) is 3.43. The molecule has 1 fully saturated rings. The van der Waals surface area contributed by atoms with E-state index in [-0.39, 0.29) is 11.3 Å². The van der Waals surface area contributed by atoms with Gasteiger partial charge in [-0.25, -0.2) is 0 Å². The largest absolute Gasteiger partial charge is 0.467 e. The van der Waals surface area contributed by atoms with Crippen LogP contribution in [0, 0.1) is 5.92 Å². The lowest BCUT2D eigenvalue weighted by atomic mass is 10.1. The molecule has 1 saturated carbocycles. The summed E-state index contributed by atoms with van der Waals surface area (Å²) in [5.41, 5.74) is 0. The summed E-state index contributed by atoms with van der Waals surface area (Å²) < 4.78 is 4.93. The molecule has 2 rings (SSSR count). The average molecular weight is 243 g/mol. The summed E-state index contributed by atoms with van der Waals surface area (Å²) in [6.07, 6.45) is 3.53. The minimum Gasteiger partial charge on any atom is -0.467 e. The van der Waals surface area contributed by atoms with Gasteiger partial charge in [0.15, 0.2) is 0 Å². The first-order valence-corrected chi connectivity index (χ1v) is 5.77. The fourth-order valence-corrected chi connectivity index (χ4v) is 2.16. The number of rotatable bonds is 3. The van der Waals surface area contributed by atoms with Gasteiger partial charge in [0.2, 0.25) is 11.2 Å². The van der Waals surface area contributed by atoms with E-state index >= 15 is 0 Å². The van der Waals surface area contributed by atoms with E-state index in [0.29, 0.717) is 12.0 Å². The van der Waals surface area contributed by atoms with Gasteiger partial charge in [-0.2, -0.15) is 15.0 Å². The second kappa shape index (κ2) is 4.82. The van der Waals surface area contributed by atoms with Crippen molar-refractivity contribution in [2.24, 2.45) is 5.92 Å². The van der Waals surface area contributed by atoms with Crippen LogP contribution in [0.4, 0.5) is 5.95 Å². The minimum absolute atomic E-state index is 0.153. The Morgan fingerprint density at radius 1 is 1.31 bits per heavy atom. The standard InChI is InChI=1S/C10H15ClN4O/c1-6-3-4-7(5-6)12-9-13-8(11)14-10(15-9)16-2/h6-7H,3-5H2,1-2H3,(H,12,13,14,15). The molecule has 1 aromatic rings. The van der Waals surface area contributed by atoms with Crippen LogP contribution >= 0.6 is 11.6 Å². The smallest absolute Gasteiger partial charge is 0.322 e. The molecule has 0 amide bonds. The van der Waals surface area contributed by atoms with Gasteiger partial charge in [-0.15, -0.1) is 0 Å². The predicted octanol–water partition coefficient (Wildman–Crippen LogP) is 2.13. The molecular formula is C10H15ClN4O. The summed E-state index contributed by atoms with van der Waals surface area (Å²) in [6.45, 7) is 2.25. The Bertz CT molecular complexity index is 374. The molecule has 16 heavy (non-hydrogen) atoms. The van der Waals surface area contributed by atoms with Gasteiger partial charge in [0, 0.05) is 6.04 Å². The van der Waals surface area contributed by atoms with Crippen molar-refractivity contribution in [3.8, 4) is 6.01 Å². The number of ether oxygens (including phenoxy) is 1. The minimum atomic E-state index is 0.153. The van der Waals surface area contributed by atoms with E-state index in [0.717, 1.165) is 18.8 Å². The van der Waals surface area contributed by atoms with E-state index in [2.05, 4.69) is 27.2 Å². The van der Waals surface area contributed by atoms with Crippen LogP contribution in [0.2, 0.25) is 5.28 Å². The maximum absolute atomic E-state index is 5.76. The first-order chi connectivity index (χ1) is 7.67. The average Bonchev–Trinajstić information content (AvgIpc) is 2.63. The summed E-state index contributed by atoms with van der Waals surface area (Å²) in [7, 11) is 1.51. The van der Waals surface area contributed by atoms with Crippen molar-refractivity contribution >= 4 is 17.5 Å². The zero-order valence-corrected chi connectivity index (χ0v) is 10.2. The molecule has 0 bridgehead atoms. The summed E-state index contributed by atoms with van der Waals surface area (Å²) in [5.74, 6) is 1.26. The van der Waals surface area contributed by atoms with Crippen LogP contribution in [0.5, 0.6) is 6.01 Å². The highest BCUT2D eigenvalue weighted by Gasteiger charge is 2.22. The van der Waals surface area contributed by atoms with Crippen molar-refractivity contribution in [3.63, 3.8) is 0 Å². The molecule has 2 unspecified atom stereocenters. The number of aromatic nitrogens is 3. The SMILES string of the molecule is COc1nc(Cl)nc(NC2CCC(C)C2)n1. The molecule has 0 radical (unpaired) electrons. The molecule has 88 valence electrons. The van der Waals surface area contributed by atoms with Crippen LogP contribution in [-0.2, 0) is 0 Å². The lowest BCUT2D eigenvalue weighted by Gasteiger charge is -2.12. The van der Waals surface area contributed by atoms with E-state index in [1.165, 1.54) is 13.5 Å². The van der Waals surface area contributed by atoms with E-state index in [1.54, 1.807) is 0 Å². The van der Waals surface area contributed by atoms with Gasteiger partial charge in [0.05, 0.1) is 7.11 Å². The third-order valence-electron chi connectivity index (χ3n) is 2.80. The second-order valence-corrected chi connectivity index (χ2v) is 4.51. The summed E-state index contributed by atoms with van der Waals surface area (Å²) in [6, 6.07) is 0.673. The first kappa shape index (κ1) is 11.4. The van der Waals surface area contributed by atoms with Gasteiger partial charge in [0.25, 0.3) is 0 Å². The summed E-state index contributed by atoms with van der Waals surface area (Å²) >= 11 is 5.76. The van der Waals surface area contributed by atoms with Gasteiger partial charge >= 0.3 is 6.01 Å². The Morgan fingerprint density at radius 3 is 2.75 bits per heavy atom. The van der Waals surface area contributed by atoms with Crippen LogP contribution in [0.15, 0.2) is 0 Å². The zero-order valence-electron chi connectivity index (χ0n) is 9.40. The Morgan fingerprint density at radius 2 is 2.12 bits per heavy atom. The number of hydrogen-bond donors (Lipinski definition) is 1. The number of anilines is 1. The van der Waals surface area contributed by atoms with E-state index in [1.807, 2.05) is 0 Å². The zero-order chi connectivity index (χ0) is 11.5. The van der Waals surface area contributed by atoms with E-state index in [4.69, 9.17) is 16.3 Å². The topological polar surface area (TPSA) is 59.9 Å². The lowest BCUT2D eigenvalue weighted by molar-refractivity contribution is 0.378. The third kappa shape index (κ3) is 2.72. The quantitative estimate of drug-likeness (QED) is 0.880. The highest BCUT2D eigenvalue weighted by Crippen LogP contribution is 2.26. The maximum Gasteiger partial charge on any atom is 0.322 e. The van der Waals surface area contributed by atoms with Gasteiger partial charge in [-0.05, 0) is 36.8 Å². The summed E-state index contributed by atoms with van der Waals surface area (Å²) in [5, 5.41) is 3.41. The predicted molar refractivity (Wildman–Crippen MR) is 61.8 cm³/mol. The molecule has 5 nitrogen and oxygen atoms in total. The van der Waals surface area contributed by atoms with E-state index in [9.17, 15) is 0 Å². The summed E-state index contributed by atoms with van der Waals surface area (Å²) in [4.78, 5) is 11.9. The Hall–Kier alpha value is -1.10. The van der Waals surface area contributed by atoms with Gasteiger partial charge in [-0.1, -0.05) is 6.92 Å². The van der Waals surface area contributed by atoms with Crippen molar-refractivity contribution in [1.29, 1.82) is 0 Å². The number of nitrogens with zero attached hydrogens (tertiary/aromatic N) is 3. The van der Waals surface area contributed by atoms with Crippen LogP contribution in [0.3, 0.4) is 0 Å². The number of hydrogen-bond acceptors (Lipinski definition) is 5. The monoisotopic (exact) mass is 242 g/mol. The Labute approximate surface area is 99.6 Å². The first-order valence-electron chi connectivity index (χ1n) is 5.39. The highest BCUT2D eigenvalue weighted by molar-refractivity contribution is 6.28. The van der Waals surface area contributed by atoms with Crippen molar-refractivity contribution in [1.82, 2.24) is 15.0 Å². The fourth-order valence-electron chi connectivity index (χ4n) is 2.01. The molecule has 0 spiro atoms. The highest BCUT2D eigenvalue weighted by atomic mass is 35.5. The van der Waals surface area contributed by atoms with Crippen molar-refractivity contribution in [3.05, 3.63) is 5.28 Å². The molecule has 1 aromatic heterocycles. The lowest BCUT2D eigenvalue weighted by Crippen LogP contribution is -2.17. The Balaban J connectivity index is 2.06. The number of halogens is 1.